The minimum Gasteiger partial charge on any atom is -0.872 e. The molecule has 0 saturated carbocycles. The van der Waals surface area contributed by atoms with E-state index in [1.54, 1.807) is 27.8 Å². The molecule has 65 heavy (non-hydrogen) atoms. The number of hydrogen-bond acceptors (Lipinski definition) is 9. The molecule has 0 saturated heterocycles. The second-order valence-electron chi connectivity index (χ2n) is 16.1. The summed E-state index contributed by atoms with van der Waals surface area (Å²) in [6.45, 7) is 10.00. The van der Waals surface area contributed by atoms with Crippen molar-refractivity contribution < 1.29 is 39.1 Å². The summed E-state index contributed by atoms with van der Waals surface area (Å²) in [5.74, 6) is 3.09. The zero-order valence-corrected chi connectivity index (χ0v) is 38.7. The first-order valence-corrected chi connectivity index (χ1v) is 21.3. The summed E-state index contributed by atoms with van der Waals surface area (Å²) in [6, 6.07) is 54.5. The molecule has 8 aromatic carbocycles. The number of hydrogen-bond donors (Lipinski definition) is 0. The van der Waals surface area contributed by atoms with Crippen molar-refractivity contribution in [2.24, 2.45) is 11.8 Å². The van der Waals surface area contributed by atoms with E-state index in [2.05, 4.69) is 77.3 Å². The Morgan fingerprint density at radius 3 is 1.28 bits per heavy atom. The van der Waals surface area contributed by atoms with Crippen molar-refractivity contribution in [3.8, 4) is 40.1 Å². The molecule has 1 radical (unpaired) electrons. The second-order valence-corrected chi connectivity index (χ2v) is 16.1. The van der Waals surface area contributed by atoms with Gasteiger partial charge in [0.1, 0.15) is 39.1 Å². The maximum absolute atomic E-state index is 11.6. The summed E-state index contributed by atoms with van der Waals surface area (Å²) < 4.78 is 17.5. The molecule has 0 bridgehead atoms. The van der Waals surface area contributed by atoms with Crippen LogP contribution in [0, 0.1) is 11.8 Å². The van der Waals surface area contributed by atoms with Crippen molar-refractivity contribution >= 4 is 54.7 Å². The standard InChI is InChI=1S/2C20H19N3O.C13H9NO2.Ir/c2*1-14(2)13-24-20-12-11-19(15-7-3-4-8-16(15)20)23-21-17-9-5-6-10-18(17)22-23;15-11-7-3-1-5-9(11)13-14-10-6-2-4-8-12(10)16-13;/h2*3-12,14H,13H2,1-2H3;1-8,15H;/p-1. The Balaban J connectivity index is 0.000000135. The summed E-state index contributed by atoms with van der Waals surface area (Å²) >= 11 is 0. The Bertz CT molecular complexity index is 3090. The van der Waals surface area contributed by atoms with Gasteiger partial charge in [0.05, 0.1) is 24.6 Å². The van der Waals surface area contributed by atoms with E-state index in [0.29, 0.717) is 42.1 Å². The van der Waals surface area contributed by atoms with E-state index >= 15 is 0 Å². The Morgan fingerprint density at radius 2 is 0.846 bits per heavy atom. The number of oxazole rings is 1. The third-order valence-corrected chi connectivity index (χ3v) is 10.3. The Labute approximate surface area is 389 Å². The van der Waals surface area contributed by atoms with Gasteiger partial charge in [-0.15, -0.1) is 30.0 Å². The number of nitrogens with zero attached hydrogens (tertiary/aromatic N) is 7. The molecule has 3 heterocycles. The van der Waals surface area contributed by atoms with Crippen LogP contribution in [0.25, 0.3) is 77.5 Å². The third kappa shape index (κ3) is 9.89. The van der Waals surface area contributed by atoms with Crippen molar-refractivity contribution in [3.05, 3.63) is 170 Å². The van der Waals surface area contributed by atoms with Crippen LogP contribution in [-0.4, -0.2) is 48.2 Å². The molecule has 0 spiro atoms. The minimum absolute atomic E-state index is 0. The average molecular weight is 1040 g/mol. The zero-order valence-electron chi connectivity index (χ0n) is 36.3. The molecule has 0 atom stereocenters. The first-order chi connectivity index (χ1) is 31.3. The van der Waals surface area contributed by atoms with E-state index < -0.39 is 0 Å². The van der Waals surface area contributed by atoms with Crippen molar-refractivity contribution in [3.63, 3.8) is 0 Å². The number of aromatic nitrogens is 7. The number of ether oxygens (including phenoxy) is 2. The summed E-state index contributed by atoms with van der Waals surface area (Å²) in [4.78, 5) is 7.69. The number of para-hydroxylation sites is 3. The van der Waals surface area contributed by atoms with Gasteiger partial charge in [0.15, 0.2) is 5.58 Å². The topological polar surface area (TPSA) is 129 Å². The number of benzene rings is 8. The van der Waals surface area contributed by atoms with Gasteiger partial charge in [-0.3, -0.25) is 0 Å². The van der Waals surface area contributed by atoms with Gasteiger partial charge in [-0.1, -0.05) is 143 Å². The quantitative estimate of drug-likeness (QED) is 0.139. The molecule has 0 aliphatic rings. The molecule has 0 N–H and O–H groups in total. The Kier molecular flexibility index (Phi) is 13.6. The van der Waals surface area contributed by atoms with E-state index in [-0.39, 0.29) is 25.9 Å². The molecule has 0 amide bonds. The first-order valence-electron chi connectivity index (χ1n) is 21.3. The maximum atomic E-state index is 11.6. The van der Waals surface area contributed by atoms with Crippen LogP contribution in [0.2, 0.25) is 0 Å². The van der Waals surface area contributed by atoms with E-state index in [0.717, 1.165) is 72.0 Å². The van der Waals surface area contributed by atoms with Gasteiger partial charge in [0, 0.05) is 47.2 Å². The van der Waals surface area contributed by atoms with Gasteiger partial charge in [-0.25, -0.2) is 4.98 Å². The molecule has 0 fully saturated rings. The van der Waals surface area contributed by atoms with Crippen molar-refractivity contribution in [1.29, 1.82) is 0 Å². The van der Waals surface area contributed by atoms with Gasteiger partial charge in [-0.05, 0) is 72.5 Å². The van der Waals surface area contributed by atoms with Crippen LogP contribution in [0.4, 0.5) is 0 Å². The van der Waals surface area contributed by atoms with E-state index in [4.69, 9.17) is 13.9 Å². The fraction of sp³-hybridized carbons (Fsp3) is 0.151. The molecule has 0 unspecified atom stereocenters. The zero-order chi connectivity index (χ0) is 44.0. The molecule has 11 rings (SSSR count). The van der Waals surface area contributed by atoms with Gasteiger partial charge >= 0.3 is 0 Å². The van der Waals surface area contributed by atoms with Gasteiger partial charge < -0.3 is 19.0 Å². The van der Waals surface area contributed by atoms with Crippen LogP contribution in [0.5, 0.6) is 17.2 Å². The SMILES string of the molecule is CC(C)COc1ccc(-n2nc3ccccc3n2)c2ccccc12.CC(C)COc1ccc(-n2nc3ccccc3n2)c2ccccc12.[Ir].[O-]c1ccccc1-c1nc2ccccc2o1. The predicted molar refractivity (Wildman–Crippen MR) is 252 cm³/mol. The van der Waals surface area contributed by atoms with Crippen LogP contribution in [-0.2, 0) is 20.1 Å². The maximum Gasteiger partial charge on any atom is 0.226 e. The summed E-state index contributed by atoms with van der Waals surface area (Å²) in [5, 5.41) is 34.3. The van der Waals surface area contributed by atoms with Crippen molar-refractivity contribution in [1.82, 2.24) is 35.0 Å². The first kappa shape index (κ1) is 44.2. The summed E-state index contributed by atoms with van der Waals surface area (Å²) in [7, 11) is 0. The summed E-state index contributed by atoms with van der Waals surface area (Å²) in [6.07, 6.45) is 0. The fourth-order valence-electron chi connectivity index (χ4n) is 7.19. The molecular formula is C53H46IrN7O4-. The Hall–Kier alpha value is -7.40. The van der Waals surface area contributed by atoms with Crippen molar-refractivity contribution in [2.45, 2.75) is 27.7 Å². The van der Waals surface area contributed by atoms with Crippen LogP contribution in [0.3, 0.4) is 0 Å². The van der Waals surface area contributed by atoms with Crippen molar-refractivity contribution in [2.75, 3.05) is 13.2 Å². The molecular weight excluding hydrogens is 991 g/mol. The van der Waals surface area contributed by atoms with Crippen LogP contribution < -0.4 is 14.6 Å². The fourth-order valence-corrected chi connectivity index (χ4v) is 7.19. The van der Waals surface area contributed by atoms with E-state index in [1.165, 1.54) is 6.07 Å². The minimum atomic E-state index is -0.0749. The smallest absolute Gasteiger partial charge is 0.226 e. The second kappa shape index (κ2) is 20.0. The molecule has 11 nitrogen and oxygen atoms in total. The predicted octanol–water partition coefficient (Wildman–Crippen LogP) is 11.8. The van der Waals surface area contributed by atoms with Crippen LogP contribution in [0.1, 0.15) is 27.7 Å². The monoisotopic (exact) mass is 1040 g/mol. The largest absolute Gasteiger partial charge is 0.872 e. The molecule has 3 aromatic heterocycles. The Morgan fingerprint density at radius 1 is 0.462 bits per heavy atom. The molecule has 0 aliphatic carbocycles. The third-order valence-electron chi connectivity index (χ3n) is 10.3. The van der Waals surface area contributed by atoms with Crippen LogP contribution >= 0.6 is 0 Å². The van der Waals surface area contributed by atoms with E-state index in [1.807, 2.05) is 121 Å². The summed E-state index contributed by atoms with van der Waals surface area (Å²) in [5.41, 5.74) is 7.43. The van der Waals surface area contributed by atoms with Crippen LogP contribution in [0.15, 0.2) is 174 Å². The van der Waals surface area contributed by atoms with Gasteiger partial charge in [0.25, 0.3) is 0 Å². The molecule has 11 aromatic rings. The normalized spacial score (nSPS) is 11.1. The van der Waals surface area contributed by atoms with Gasteiger partial charge in [0.2, 0.25) is 5.89 Å². The number of fused-ring (bicyclic) bond motifs is 5. The average Bonchev–Trinajstić information content (AvgIpc) is 4.08. The van der Waals surface area contributed by atoms with Gasteiger partial charge in [-0.2, -0.15) is 0 Å². The molecule has 327 valence electrons. The van der Waals surface area contributed by atoms with E-state index in [9.17, 15) is 5.11 Å². The molecule has 12 heteroatoms. The molecule has 0 aliphatic heterocycles. The number of rotatable bonds is 9.